The SMILES string of the molecule is CCCC[B-](CC)(CCCC)CCCC.[Li+]. The van der Waals surface area contributed by atoms with Gasteiger partial charge in [0, 0.05) is 6.15 Å². The molecule has 0 nitrogen and oxygen atoms in total. The maximum absolute atomic E-state index is 2.43. The Hall–Kier alpha value is 0.662. The second-order valence-corrected chi connectivity index (χ2v) is 5.57. The number of hydrogen-bond acceptors (Lipinski definition) is 0. The van der Waals surface area contributed by atoms with Crippen molar-refractivity contribution in [2.75, 3.05) is 0 Å². The van der Waals surface area contributed by atoms with Crippen molar-refractivity contribution in [1.82, 2.24) is 0 Å². The summed E-state index contributed by atoms with van der Waals surface area (Å²) in [5.41, 5.74) is 0. The van der Waals surface area contributed by atoms with Crippen molar-refractivity contribution in [3.63, 3.8) is 0 Å². The molecule has 0 radical (unpaired) electrons. The van der Waals surface area contributed by atoms with Gasteiger partial charge < -0.3 is 0 Å². The molecule has 0 spiro atoms. The van der Waals surface area contributed by atoms with E-state index in [-0.39, 0.29) is 25.0 Å². The molecule has 92 valence electrons. The first-order valence-corrected chi connectivity index (χ1v) is 7.46. The molecule has 0 unspecified atom stereocenters. The summed E-state index contributed by atoms with van der Waals surface area (Å²) in [4.78, 5) is 0. The summed E-state index contributed by atoms with van der Waals surface area (Å²) in [7, 11) is 0. The summed E-state index contributed by atoms with van der Waals surface area (Å²) >= 11 is 0. The maximum atomic E-state index is 2.43. The van der Waals surface area contributed by atoms with Crippen molar-refractivity contribution >= 4 is 6.15 Å². The van der Waals surface area contributed by atoms with E-state index in [0.717, 1.165) is 0 Å². The zero-order valence-corrected chi connectivity index (χ0v) is 12.6. The number of hydrogen-bond donors (Lipinski definition) is 0. The van der Waals surface area contributed by atoms with Crippen LogP contribution in [0.5, 0.6) is 0 Å². The van der Waals surface area contributed by atoms with E-state index in [1.807, 2.05) is 0 Å². The van der Waals surface area contributed by atoms with Gasteiger partial charge in [0.25, 0.3) is 0 Å². The maximum Gasteiger partial charge on any atom is 1.00 e. The van der Waals surface area contributed by atoms with E-state index in [0.29, 0.717) is 0 Å². The summed E-state index contributed by atoms with van der Waals surface area (Å²) in [5, 5.41) is 0. The normalized spacial score (nSPS) is 11.2. The van der Waals surface area contributed by atoms with Gasteiger partial charge >= 0.3 is 18.9 Å². The van der Waals surface area contributed by atoms with Gasteiger partial charge in [-0.2, -0.15) is 25.3 Å². The van der Waals surface area contributed by atoms with Gasteiger partial charge in [0.1, 0.15) is 0 Å². The third kappa shape index (κ3) is 7.86. The van der Waals surface area contributed by atoms with Gasteiger partial charge in [-0.15, -0.1) is 0 Å². The van der Waals surface area contributed by atoms with Crippen LogP contribution >= 0.6 is 0 Å². The predicted octanol–water partition coefficient (Wildman–Crippen LogP) is 2.86. The van der Waals surface area contributed by atoms with E-state index in [1.165, 1.54) is 63.8 Å². The van der Waals surface area contributed by atoms with Crippen LogP contribution in [0.3, 0.4) is 0 Å². The molecule has 0 aliphatic heterocycles. The Balaban J connectivity index is 0. The molecule has 0 aliphatic carbocycles. The summed E-state index contributed by atoms with van der Waals surface area (Å²) < 4.78 is 0. The van der Waals surface area contributed by atoms with E-state index in [2.05, 4.69) is 27.7 Å². The van der Waals surface area contributed by atoms with Gasteiger partial charge in [0.15, 0.2) is 0 Å². The van der Waals surface area contributed by atoms with Crippen molar-refractivity contribution in [3.8, 4) is 0 Å². The zero-order valence-electron chi connectivity index (χ0n) is 12.6. The Morgan fingerprint density at radius 3 is 1.12 bits per heavy atom. The van der Waals surface area contributed by atoms with Crippen LogP contribution in [0.15, 0.2) is 0 Å². The van der Waals surface area contributed by atoms with Gasteiger partial charge in [-0.3, -0.25) is 0 Å². The average Bonchev–Trinajstić information content (AvgIpc) is 2.29. The zero-order chi connectivity index (χ0) is 11.6. The van der Waals surface area contributed by atoms with E-state index in [4.69, 9.17) is 0 Å². The monoisotopic (exact) mass is 218 g/mol. The second kappa shape index (κ2) is 12.1. The molecular formula is C14H32BLi. The first-order chi connectivity index (χ1) is 7.24. The van der Waals surface area contributed by atoms with Crippen LogP contribution in [-0.2, 0) is 0 Å². The van der Waals surface area contributed by atoms with Gasteiger partial charge in [0.05, 0.1) is 0 Å². The van der Waals surface area contributed by atoms with Crippen molar-refractivity contribution in [1.29, 1.82) is 0 Å². The molecule has 0 saturated carbocycles. The van der Waals surface area contributed by atoms with Gasteiger partial charge in [-0.25, -0.2) is 0 Å². The van der Waals surface area contributed by atoms with Gasteiger partial charge in [-0.1, -0.05) is 66.2 Å². The van der Waals surface area contributed by atoms with Gasteiger partial charge in [-0.05, 0) is 0 Å². The van der Waals surface area contributed by atoms with E-state index >= 15 is 0 Å². The molecule has 0 saturated heterocycles. The summed E-state index contributed by atoms with van der Waals surface area (Å²) in [6.07, 6.45) is 14.6. The summed E-state index contributed by atoms with van der Waals surface area (Å²) in [5.74, 6) is 0. The molecule has 2 heteroatoms. The topological polar surface area (TPSA) is 0 Å². The largest absolute Gasteiger partial charge is 1.00 e. The summed E-state index contributed by atoms with van der Waals surface area (Å²) in [6.45, 7) is 9.42. The minimum atomic E-state index is 0. The first kappa shape index (κ1) is 19.0. The fourth-order valence-corrected chi connectivity index (χ4v) is 2.96. The van der Waals surface area contributed by atoms with Crippen LogP contribution in [0, 0.1) is 0 Å². The Labute approximate surface area is 116 Å². The molecule has 0 amide bonds. The van der Waals surface area contributed by atoms with Crippen LogP contribution in [0.2, 0.25) is 25.3 Å². The fourth-order valence-electron chi connectivity index (χ4n) is 2.96. The number of unbranched alkanes of at least 4 members (excludes halogenated alkanes) is 3. The quantitative estimate of drug-likeness (QED) is 0.494. The minimum Gasteiger partial charge on any atom is -0.181 e. The molecule has 16 heavy (non-hydrogen) atoms. The van der Waals surface area contributed by atoms with Crippen LogP contribution in [0.1, 0.15) is 66.2 Å². The van der Waals surface area contributed by atoms with Crippen LogP contribution in [0.25, 0.3) is 0 Å². The first-order valence-electron chi connectivity index (χ1n) is 7.46. The van der Waals surface area contributed by atoms with Crippen molar-refractivity contribution in [2.24, 2.45) is 0 Å². The van der Waals surface area contributed by atoms with Crippen molar-refractivity contribution in [3.05, 3.63) is 0 Å². The van der Waals surface area contributed by atoms with Crippen molar-refractivity contribution < 1.29 is 18.9 Å². The fraction of sp³-hybridized carbons (Fsp3) is 1.00. The Morgan fingerprint density at radius 2 is 0.938 bits per heavy atom. The average molecular weight is 218 g/mol. The molecule has 0 bridgehead atoms. The third-order valence-corrected chi connectivity index (χ3v) is 4.38. The van der Waals surface area contributed by atoms with E-state index < -0.39 is 0 Å². The second-order valence-electron chi connectivity index (χ2n) is 5.57. The van der Waals surface area contributed by atoms with Crippen LogP contribution < -0.4 is 18.9 Å². The summed E-state index contributed by atoms with van der Waals surface area (Å²) in [6, 6.07) is 0. The van der Waals surface area contributed by atoms with Crippen LogP contribution in [-0.4, -0.2) is 6.15 Å². The molecule has 0 atom stereocenters. The molecule has 0 N–H and O–H groups in total. The van der Waals surface area contributed by atoms with Crippen LogP contribution in [0.4, 0.5) is 0 Å². The smallest absolute Gasteiger partial charge is 0.181 e. The van der Waals surface area contributed by atoms with E-state index in [1.54, 1.807) is 0 Å². The Morgan fingerprint density at radius 1 is 0.625 bits per heavy atom. The molecule has 0 aromatic heterocycles. The molecule has 0 heterocycles. The molecule has 0 aromatic rings. The Bertz CT molecular complexity index is 115. The predicted molar refractivity (Wildman–Crippen MR) is 75.4 cm³/mol. The van der Waals surface area contributed by atoms with E-state index in [9.17, 15) is 0 Å². The molecule has 0 rings (SSSR count). The Kier molecular flexibility index (Phi) is 14.4. The molecular weight excluding hydrogens is 186 g/mol. The van der Waals surface area contributed by atoms with Crippen molar-refractivity contribution in [2.45, 2.75) is 91.5 Å². The molecule has 0 fully saturated rings. The minimum absolute atomic E-state index is 0. The molecule has 0 aromatic carbocycles. The van der Waals surface area contributed by atoms with Gasteiger partial charge in [0.2, 0.25) is 0 Å². The molecule has 0 aliphatic rings. The standard InChI is InChI=1S/C14H32B.Li/c1-5-9-12-15(8-4,13-10-6-2)14-11-7-3;/h5-14H2,1-4H3;/q-1;+1. The third-order valence-electron chi connectivity index (χ3n) is 4.38. The number of rotatable bonds is 10.